The SMILES string of the molecule is CCC1(CC)CC(CN)(c2ccc(OC(F)F)cc2)C1. The van der Waals surface area contributed by atoms with E-state index >= 15 is 0 Å². The zero-order valence-corrected chi connectivity index (χ0v) is 12.2. The molecule has 112 valence electrons. The van der Waals surface area contributed by atoms with Gasteiger partial charge in [-0.3, -0.25) is 0 Å². The Kier molecular flexibility index (Phi) is 4.33. The molecule has 0 atom stereocenters. The minimum atomic E-state index is -2.78. The van der Waals surface area contributed by atoms with Crippen LogP contribution in [-0.4, -0.2) is 13.2 Å². The van der Waals surface area contributed by atoms with E-state index in [2.05, 4.69) is 18.6 Å². The molecule has 0 spiro atoms. The van der Waals surface area contributed by atoms with Gasteiger partial charge in [-0.15, -0.1) is 0 Å². The Balaban J connectivity index is 2.14. The van der Waals surface area contributed by atoms with Crippen molar-refractivity contribution < 1.29 is 13.5 Å². The van der Waals surface area contributed by atoms with Crippen LogP contribution in [0.2, 0.25) is 0 Å². The fourth-order valence-corrected chi connectivity index (χ4v) is 3.59. The monoisotopic (exact) mass is 283 g/mol. The molecule has 1 fully saturated rings. The summed E-state index contributed by atoms with van der Waals surface area (Å²) in [7, 11) is 0. The lowest BCUT2D eigenvalue weighted by molar-refractivity contribution is -0.0499. The molecule has 20 heavy (non-hydrogen) atoms. The van der Waals surface area contributed by atoms with E-state index in [1.807, 2.05) is 12.1 Å². The first-order valence-electron chi connectivity index (χ1n) is 7.24. The maximum Gasteiger partial charge on any atom is 0.387 e. The van der Waals surface area contributed by atoms with Crippen LogP contribution in [0.4, 0.5) is 8.78 Å². The van der Waals surface area contributed by atoms with E-state index in [4.69, 9.17) is 5.73 Å². The summed E-state index contributed by atoms with van der Waals surface area (Å²) in [6.45, 7) is 2.28. The normalized spacial score (nSPS) is 19.7. The molecular weight excluding hydrogens is 260 g/mol. The van der Waals surface area contributed by atoms with Crippen molar-refractivity contribution in [2.75, 3.05) is 6.54 Å². The number of hydrogen-bond acceptors (Lipinski definition) is 2. The average Bonchev–Trinajstić information content (AvgIpc) is 2.40. The molecular formula is C16H23F2NO. The highest BCUT2D eigenvalue weighted by Gasteiger charge is 2.52. The van der Waals surface area contributed by atoms with Crippen LogP contribution in [0.3, 0.4) is 0 Å². The van der Waals surface area contributed by atoms with E-state index in [9.17, 15) is 8.78 Å². The summed E-state index contributed by atoms with van der Waals surface area (Å²) < 4.78 is 28.7. The van der Waals surface area contributed by atoms with Crippen LogP contribution in [0.15, 0.2) is 24.3 Å². The van der Waals surface area contributed by atoms with Crippen LogP contribution in [0.25, 0.3) is 0 Å². The van der Waals surface area contributed by atoms with Crippen molar-refractivity contribution in [2.24, 2.45) is 11.1 Å². The highest BCUT2D eigenvalue weighted by Crippen LogP contribution is 2.58. The molecule has 2 rings (SSSR count). The quantitative estimate of drug-likeness (QED) is 0.853. The molecule has 1 aromatic carbocycles. The second kappa shape index (κ2) is 5.68. The summed E-state index contributed by atoms with van der Waals surface area (Å²) in [6, 6.07) is 6.97. The maximum atomic E-state index is 12.1. The number of halogens is 2. The smallest absolute Gasteiger partial charge is 0.387 e. The van der Waals surface area contributed by atoms with Crippen LogP contribution in [-0.2, 0) is 5.41 Å². The molecule has 0 saturated heterocycles. The van der Waals surface area contributed by atoms with E-state index in [0.717, 1.165) is 31.2 Å². The Hall–Kier alpha value is -1.16. The Morgan fingerprint density at radius 2 is 1.70 bits per heavy atom. The van der Waals surface area contributed by atoms with Gasteiger partial charge in [0.1, 0.15) is 5.75 Å². The van der Waals surface area contributed by atoms with Gasteiger partial charge in [0.25, 0.3) is 0 Å². The van der Waals surface area contributed by atoms with Crippen LogP contribution in [0.5, 0.6) is 5.75 Å². The van der Waals surface area contributed by atoms with Crippen molar-refractivity contribution in [3.05, 3.63) is 29.8 Å². The standard InChI is InChI=1S/C16H23F2NO/c1-3-15(4-2)9-16(10-15,11-19)12-5-7-13(8-6-12)20-14(17)18/h5-8,14H,3-4,9-11,19H2,1-2H3. The molecule has 1 aromatic rings. The van der Waals surface area contributed by atoms with Crippen molar-refractivity contribution >= 4 is 0 Å². The third-order valence-corrected chi connectivity index (χ3v) is 5.01. The Labute approximate surface area is 119 Å². The second-order valence-electron chi connectivity index (χ2n) is 5.95. The topological polar surface area (TPSA) is 35.2 Å². The second-order valence-corrected chi connectivity index (χ2v) is 5.95. The van der Waals surface area contributed by atoms with Crippen molar-refractivity contribution in [1.82, 2.24) is 0 Å². The highest BCUT2D eigenvalue weighted by molar-refractivity contribution is 5.36. The van der Waals surface area contributed by atoms with Gasteiger partial charge in [0.15, 0.2) is 0 Å². The Morgan fingerprint density at radius 3 is 2.10 bits per heavy atom. The highest BCUT2D eigenvalue weighted by atomic mass is 19.3. The molecule has 1 saturated carbocycles. The zero-order chi connectivity index (χ0) is 14.8. The van der Waals surface area contributed by atoms with E-state index in [1.165, 1.54) is 0 Å². The first kappa shape index (κ1) is 15.2. The number of rotatable bonds is 6. The fourth-order valence-electron chi connectivity index (χ4n) is 3.59. The zero-order valence-electron chi connectivity index (χ0n) is 12.2. The summed E-state index contributed by atoms with van der Waals surface area (Å²) in [4.78, 5) is 0. The summed E-state index contributed by atoms with van der Waals surface area (Å²) in [5.74, 6) is 0.201. The summed E-state index contributed by atoms with van der Waals surface area (Å²) in [5, 5.41) is 0. The predicted molar refractivity (Wildman–Crippen MR) is 76.1 cm³/mol. The number of benzene rings is 1. The van der Waals surface area contributed by atoms with Crippen molar-refractivity contribution in [3.8, 4) is 5.75 Å². The van der Waals surface area contributed by atoms with Crippen molar-refractivity contribution in [3.63, 3.8) is 0 Å². The molecule has 0 heterocycles. The fraction of sp³-hybridized carbons (Fsp3) is 0.625. The van der Waals surface area contributed by atoms with Crippen molar-refractivity contribution in [2.45, 2.75) is 51.6 Å². The van der Waals surface area contributed by atoms with Gasteiger partial charge in [0.2, 0.25) is 0 Å². The van der Waals surface area contributed by atoms with Gasteiger partial charge in [0.05, 0.1) is 0 Å². The van der Waals surface area contributed by atoms with E-state index in [-0.39, 0.29) is 11.2 Å². The molecule has 2 N–H and O–H groups in total. The number of hydrogen-bond donors (Lipinski definition) is 1. The molecule has 1 aliphatic rings. The van der Waals surface area contributed by atoms with Gasteiger partial charge in [-0.05, 0) is 36.0 Å². The largest absolute Gasteiger partial charge is 0.435 e. The van der Waals surface area contributed by atoms with Gasteiger partial charge >= 0.3 is 6.61 Å². The van der Waals surface area contributed by atoms with Gasteiger partial charge in [-0.2, -0.15) is 8.78 Å². The van der Waals surface area contributed by atoms with Crippen LogP contribution < -0.4 is 10.5 Å². The lowest BCUT2D eigenvalue weighted by Crippen LogP contribution is -2.53. The van der Waals surface area contributed by atoms with Gasteiger partial charge in [0, 0.05) is 12.0 Å². The molecule has 0 amide bonds. The first-order chi connectivity index (χ1) is 9.49. The summed E-state index contributed by atoms with van der Waals surface area (Å²) >= 11 is 0. The third-order valence-electron chi connectivity index (χ3n) is 5.01. The Morgan fingerprint density at radius 1 is 1.15 bits per heavy atom. The van der Waals surface area contributed by atoms with Gasteiger partial charge in [-0.25, -0.2) is 0 Å². The third kappa shape index (κ3) is 2.66. The number of ether oxygens (including phenoxy) is 1. The van der Waals surface area contributed by atoms with E-state index in [0.29, 0.717) is 12.0 Å². The summed E-state index contributed by atoms with van der Waals surface area (Å²) in [5.41, 5.74) is 7.55. The lowest BCUT2D eigenvalue weighted by atomic mass is 9.48. The lowest BCUT2D eigenvalue weighted by Gasteiger charge is -2.56. The molecule has 0 bridgehead atoms. The molecule has 0 unspecified atom stereocenters. The molecule has 4 heteroatoms. The van der Waals surface area contributed by atoms with Crippen LogP contribution >= 0.6 is 0 Å². The van der Waals surface area contributed by atoms with Crippen molar-refractivity contribution in [1.29, 1.82) is 0 Å². The van der Waals surface area contributed by atoms with Gasteiger partial charge < -0.3 is 10.5 Å². The van der Waals surface area contributed by atoms with E-state index < -0.39 is 6.61 Å². The minimum Gasteiger partial charge on any atom is -0.435 e. The van der Waals surface area contributed by atoms with Crippen LogP contribution in [0, 0.1) is 5.41 Å². The van der Waals surface area contributed by atoms with Gasteiger partial charge in [-0.1, -0.05) is 38.8 Å². The molecule has 1 aliphatic carbocycles. The number of nitrogens with two attached hydrogens (primary N) is 1. The summed E-state index contributed by atoms with van der Waals surface area (Å²) in [6.07, 6.45) is 4.49. The van der Waals surface area contributed by atoms with E-state index in [1.54, 1.807) is 12.1 Å². The maximum absolute atomic E-state index is 12.1. The number of alkyl halides is 2. The molecule has 0 radical (unpaired) electrons. The predicted octanol–water partition coefficient (Wildman–Crippen LogP) is 4.08. The van der Waals surface area contributed by atoms with Crippen LogP contribution in [0.1, 0.15) is 45.1 Å². The average molecular weight is 283 g/mol. The minimum absolute atomic E-state index is 0.00931. The Bertz CT molecular complexity index is 432. The molecule has 0 aromatic heterocycles. The molecule has 2 nitrogen and oxygen atoms in total. The first-order valence-corrected chi connectivity index (χ1v) is 7.24. The molecule has 0 aliphatic heterocycles.